The van der Waals surface area contributed by atoms with Gasteiger partial charge in [-0.05, 0) is 36.2 Å². The van der Waals surface area contributed by atoms with Gasteiger partial charge in [-0.2, -0.15) is 0 Å². The smallest absolute Gasteiger partial charge is 0.231 e. The summed E-state index contributed by atoms with van der Waals surface area (Å²) in [5.41, 5.74) is 2.88. The van der Waals surface area contributed by atoms with E-state index in [0.717, 1.165) is 11.0 Å². The Morgan fingerprint density at radius 2 is 2.04 bits per heavy atom. The normalized spacial score (nSPS) is 18.9. The number of sulfone groups is 1. The average Bonchev–Trinajstić information content (AvgIpc) is 3.02. The number of fused-ring (bicyclic) bond motifs is 2. The topological polar surface area (TPSA) is 91.9 Å². The lowest BCUT2D eigenvalue weighted by molar-refractivity contribution is -0.117. The number of benzene rings is 2. The van der Waals surface area contributed by atoms with Gasteiger partial charge in [-0.15, -0.1) is 0 Å². The van der Waals surface area contributed by atoms with E-state index >= 15 is 0 Å². The Hall–Kier alpha value is -2.67. The Bertz CT molecular complexity index is 1040. The first-order chi connectivity index (χ1) is 11.5. The van der Waals surface area contributed by atoms with E-state index in [1.54, 1.807) is 36.7 Å². The van der Waals surface area contributed by atoms with Crippen molar-refractivity contribution in [2.24, 2.45) is 0 Å². The Balaban J connectivity index is 1.65. The second-order valence-electron chi connectivity index (χ2n) is 5.82. The molecule has 7 heteroatoms. The van der Waals surface area contributed by atoms with Gasteiger partial charge in [0.05, 0.1) is 33.9 Å². The number of hydrogen-bond acceptors (Lipinski definition) is 4. The summed E-state index contributed by atoms with van der Waals surface area (Å²) in [6.45, 7) is 0. The molecule has 0 fully saturated rings. The fourth-order valence-electron chi connectivity index (χ4n) is 3.11. The minimum Gasteiger partial charge on any atom is -0.345 e. The molecule has 0 radical (unpaired) electrons. The summed E-state index contributed by atoms with van der Waals surface area (Å²) in [7, 11) is -3.30. The predicted octanol–water partition coefficient (Wildman–Crippen LogP) is 2.46. The summed E-state index contributed by atoms with van der Waals surface area (Å²) in [6.07, 6.45) is 1.88. The average molecular weight is 341 g/mol. The molecule has 4 rings (SSSR count). The number of rotatable bonds is 2. The van der Waals surface area contributed by atoms with E-state index < -0.39 is 15.8 Å². The van der Waals surface area contributed by atoms with Gasteiger partial charge in [-0.1, -0.05) is 18.2 Å². The summed E-state index contributed by atoms with van der Waals surface area (Å²) in [4.78, 5) is 20.1. The first kappa shape index (κ1) is 14.9. The minimum atomic E-state index is -3.30. The first-order valence-electron chi connectivity index (χ1n) is 7.60. The molecule has 1 amide bonds. The summed E-state index contributed by atoms with van der Waals surface area (Å²) < 4.78 is 24.3. The molecule has 2 aromatic carbocycles. The maximum atomic E-state index is 12.7. The summed E-state index contributed by atoms with van der Waals surface area (Å²) >= 11 is 0. The Morgan fingerprint density at radius 1 is 1.21 bits per heavy atom. The lowest BCUT2D eigenvalue weighted by Gasteiger charge is -2.24. The van der Waals surface area contributed by atoms with Crippen molar-refractivity contribution in [3.05, 3.63) is 54.4 Å². The summed E-state index contributed by atoms with van der Waals surface area (Å²) in [5.74, 6) is -0.680. The van der Waals surface area contributed by atoms with Crippen molar-refractivity contribution in [1.29, 1.82) is 0 Å². The van der Waals surface area contributed by atoms with Gasteiger partial charge >= 0.3 is 0 Å². The molecule has 0 aliphatic carbocycles. The van der Waals surface area contributed by atoms with E-state index in [1.165, 1.54) is 0 Å². The molecule has 0 saturated heterocycles. The third-order valence-electron chi connectivity index (χ3n) is 4.31. The Kier molecular flexibility index (Phi) is 3.38. The van der Waals surface area contributed by atoms with Crippen molar-refractivity contribution >= 4 is 32.5 Å². The number of amides is 1. The standard InChI is InChI=1S/C17H15N3O3S/c21-17(20-11-5-6-14-15(9-11)19-10-18-14)13-7-8-24(22,23)16-4-2-1-3-12(13)16/h1-6,9-10,13H,7-8H2,(H,18,19)(H,20,21)/t13-/m1/s1. The van der Waals surface area contributed by atoms with E-state index in [0.29, 0.717) is 11.3 Å². The largest absolute Gasteiger partial charge is 0.345 e. The van der Waals surface area contributed by atoms with E-state index in [1.807, 2.05) is 12.1 Å². The number of nitrogens with one attached hydrogen (secondary N) is 2. The fourth-order valence-corrected chi connectivity index (χ4v) is 4.73. The zero-order chi connectivity index (χ0) is 16.7. The first-order valence-corrected chi connectivity index (χ1v) is 9.25. The Labute approximate surface area is 138 Å². The number of carbonyl (C=O) groups is 1. The van der Waals surface area contributed by atoms with Crippen LogP contribution in [0.25, 0.3) is 11.0 Å². The van der Waals surface area contributed by atoms with Crippen molar-refractivity contribution in [1.82, 2.24) is 9.97 Å². The lowest BCUT2D eigenvalue weighted by Crippen LogP contribution is -2.29. The van der Waals surface area contributed by atoms with Crippen LogP contribution in [0.1, 0.15) is 17.9 Å². The number of anilines is 1. The summed E-state index contributed by atoms with van der Waals surface area (Å²) in [5, 5.41) is 2.88. The number of H-pyrrole nitrogens is 1. The molecule has 0 spiro atoms. The van der Waals surface area contributed by atoms with E-state index in [2.05, 4.69) is 15.3 Å². The van der Waals surface area contributed by atoms with Gasteiger partial charge in [0.15, 0.2) is 9.84 Å². The van der Waals surface area contributed by atoms with Crippen LogP contribution in [0, 0.1) is 0 Å². The molecule has 1 aromatic heterocycles. The molecule has 0 unspecified atom stereocenters. The fraction of sp³-hybridized carbons (Fsp3) is 0.176. The van der Waals surface area contributed by atoms with Gasteiger partial charge in [0.2, 0.25) is 5.91 Å². The molecule has 1 aliphatic rings. The molecule has 24 heavy (non-hydrogen) atoms. The zero-order valence-electron chi connectivity index (χ0n) is 12.7. The highest BCUT2D eigenvalue weighted by Crippen LogP contribution is 2.34. The number of carbonyl (C=O) groups excluding carboxylic acids is 1. The van der Waals surface area contributed by atoms with Gasteiger partial charge in [0.25, 0.3) is 0 Å². The molecular formula is C17H15N3O3S. The predicted molar refractivity (Wildman–Crippen MR) is 90.6 cm³/mol. The van der Waals surface area contributed by atoms with Crippen molar-refractivity contribution < 1.29 is 13.2 Å². The quantitative estimate of drug-likeness (QED) is 0.749. The van der Waals surface area contributed by atoms with Crippen LogP contribution in [0.4, 0.5) is 5.69 Å². The third kappa shape index (κ3) is 2.46. The number of hydrogen-bond donors (Lipinski definition) is 2. The molecule has 6 nitrogen and oxygen atoms in total. The van der Waals surface area contributed by atoms with Crippen LogP contribution in [0.2, 0.25) is 0 Å². The highest BCUT2D eigenvalue weighted by Gasteiger charge is 2.33. The lowest BCUT2D eigenvalue weighted by atomic mass is 9.95. The third-order valence-corrected chi connectivity index (χ3v) is 6.12. The molecule has 1 atom stereocenters. The van der Waals surface area contributed by atoms with Gasteiger partial charge in [-0.25, -0.2) is 13.4 Å². The zero-order valence-corrected chi connectivity index (χ0v) is 13.5. The monoisotopic (exact) mass is 341 g/mol. The van der Waals surface area contributed by atoms with Gasteiger partial charge in [-0.3, -0.25) is 4.79 Å². The van der Waals surface area contributed by atoms with E-state index in [9.17, 15) is 13.2 Å². The van der Waals surface area contributed by atoms with Crippen LogP contribution >= 0.6 is 0 Å². The van der Waals surface area contributed by atoms with Gasteiger partial charge in [0.1, 0.15) is 0 Å². The molecule has 2 N–H and O–H groups in total. The molecule has 2 heterocycles. The van der Waals surface area contributed by atoms with Crippen LogP contribution in [0.15, 0.2) is 53.7 Å². The molecule has 0 saturated carbocycles. The van der Waals surface area contributed by atoms with Crippen LogP contribution in [0.3, 0.4) is 0 Å². The van der Waals surface area contributed by atoms with Gasteiger partial charge < -0.3 is 10.3 Å². The highest BCUT2D eigenvalue weighted by atomic mass is 32.2. The number of imidazole rings is 1. The van der Waals surface area contributed by atoms with Crippen LogP contribution in [0.5, 0.6) is 0 Å². The SMILES string of the molecule is O=C(Nc1ccc2nc[nH]c2c1)[C@@H]1CCS(=O)(=O)c2ccccc21. The Morgan fingerprint density at radius 3 is 2.92 bits per heavy atom. The van der Waals surface area contributed by atoms with Gasteiger partial charge in [0, 0.05) is 5.69 Å². The van der Waals surface area contributed by atoms with Crippen molar-refractivity contribution in [3.63, 3.8) is 0 Å². The van der Waals surface area contributed by atoms with Crippen LogP contribution in [-0.2, 0) is 14.6 Å². The second-order valence-corrected chi connectivity index (χ2v) is 7.90. The number of aromatic amines is 1. The maximum Gasteiger partial charge on any atom is 0.231 e. The van der Waals surface area contributed by atoms with Crippen LogP contribution < -0.4 is 5.32 Å². The summed E-state index contributed by atoms with van der Waals surface area (Å²) in [6, 6.07) is 12.1. The van der Waals surface area contributed by atoms with Crippen molar-refractivity contribution in [3.8, 4) is 0 Å². The van der Waals surface area contributed by atoms with E-state index in [4.69, 9.17) is 0 Å². The molecule has 3 aromatic rings. The molecule has 1 aliphatic heterocycles. The minimum absolute atomic E-state index is 0.0122. The number of aromatic nitrogens is 2. The van der Waals surface area contributed by atoms with Crippen molar-refractivity contribution in [2.75, 3.05) is 11.1 Å². The van der Waals surface area contributed by atoms with Crippen molar-refractivity contribution in [2.45, 2.75) is 17.2 Å². The van der Waals surface area contributed by atoms with E-state index in [-0.39, 0.29) is 23.0 Å². The number of nitrogens with zero attached hydrogens (tertiary/aromatic N) is 1. The maximum absolute atomic E-state index is 12.7. The highest BCUT2D eigenvalue weighted by molar-refractivity contribution is 7.91. The molecule has 122 valence electrons. The second kappa shape index (κ2) is 5.45. The molecule has 0 bridgehead atoms. The van der Waals surface area contributed by atoms with Crippen LogP contribution in [-0.4, -0.2) is 30.0 Å². The molecular weight excluding hydrogens is 326 g/mol.